The Morgan fingerprint density at radius 2 is 1.18 bits per heavy atom. The van der Waals surface area contributed by atoms with E-state index in [1.54, 1.807) is 77.8 Å². The fourth-order valence-electron chi connectivity index (χ4n) is 3.56. The fraction of sp³-hybridized carbons (Fsp3) is 0.280. The average Bonchev–Trinajstić information content (AvgIpc) is 2.83. The van der Waals surface area contributed by atoms with Gasteiger partial charge in [0.15, 0.2) is 0 Å². The summed E-state index contributed by atoms with van der Waals surface area (Å²) in [4.78, 5) is 0.255. The molecule has 0 fully saturated rings. The largest absolute Gasteiger partial charge is 0.497 e. The minimum Gasteiger partial charge on any atom is -0.497 e. The zero-order valence-electron chi connectivity index (χ0n) is 19.5. The van der Waals surface area contributed by atoms with Crippen molar-refractivity contribution >= 4 is 10.0 Å². The number of benzene rings is 3. The van der Waals surface area contributed by atoms with E-state index in [1.165, 1.54) is 4.31 Å². The summed E-state index contributed by atoms with van der Waals surface area (Å²) < 4.78 is 50.6. The normalized spacial score (nSPS) is 11.3. The van der Waals surface area contributed by atoms with Crippen molar-refractivity contribution in [2.45, 2.75) is 24.9 Å². The van der Waals surface area contributed by atoms with Crippen molar-refractivity contribution in [1.29, 1.82) is 0 Å². The first-order valence-corrected chi connectivity index (χ1v) is 11.8. The molecule has 0 atom stereocenters. The minimum atomic E-state index is -3.85. The van der Waals surface area contributed by atoms with Crippen LogP contribution in [-0.2, 0) is 23.1 Å². The van der Waals surface area contributed by atoms with Crippen LogP contribution in [0.5, 0.6) is 23.0 Å². The van der Waals surface area contributed by atoms with E-state index in [-0.39, 0.29) is 18.0 Å². The molecule has 33 heavy (non-hydrogen) atoms. The molecule has 0 radical (unpaired) electrons. The number of aryl methyl sites for hydroxylation is 1. The smallest absolute Gasteiger partial charge is 0.243 e. The Labute approximate surface area is 195 Å². The lowest BCUT2D eigenvalue weighted by Crippen LogP contribution is -2.31. The van der Waals surface area contributed by atoms with E-state index in [0.29, 0.717) is 39.7 Å². The van der Waals surface area contributed by atoms with Crippen LogP contribution in [0.3, 0.4) is 0 Å². The molecule has 8 heteroatoms. The van der Waals surface area contributed by atoms with Crippen LogP contribution in [-0.4, -0.2) is 41.2 Å². The molecule has 0 amide bonds. The minimum absolute atomic E-state index is 0.0962. The first-order chi connectivity index (χ1) is 15.8. The highest BCUT2D eigenvalue weighted by atomic mass is 32.2. The predicted octanol–water partition coefficient (Wildman–Crippen LogP) is 4.42. The van der Waals surface area contributed by atoms with Gasteiger partial charge in [-0.15, -0.1) is 0 Å². The van der Waals surface area contributed by atoms with Gasteiger partial charge in [-0.1, -0.05) is 30.3 Å². The van der Waals surface area contributed by atoms with E-state index < -0.39 is 10.0 Å². The van der Waals surface area contributed by atoms with Gasteiger partial charge < -0.3 is 18.9 Å². The van der Waals surface area contributed by atoms with Crippen LogP contribution in [0.4, 0.5) is 0 Å². The lowest BCUT2D eigenvalue weighted by Gasteiger charge is -2.25. The van der Waals surface area contributed by atoms with E-state index in [2.05, 4.69) is 0 Å². The third-order valence-corrected chi connectivity index (χ3v) is 7.35. The van der Waals surface area contributed by atoms with Crippen molar-refractivity contribution in [2.75, 3.05) is 28.4 Å². The molecule has 3 aromatic carbocycles. The molecular formula is C25H29NO6S. The van der Waals surface area contributed by atoms with E-state index in [1.807, 2.05) is 18.2 Å². The number of nitrogens with zero attached hydrogens (tertiary/aromatic N) is 1. The number of hydrogen-bond acceptors (Lipinski definition) is 6. The Morgan fingerprint density at radius 3 is 1.61 bits per heavy atom. The van der Waals surface area contributed by atoms with E-state index >= 15 is 0 Å². The van der Waals surface area contributed by atoms with Gasteiger partial charge in [-0.05, 0) is 30.7 Å². The highest BCUT2D eigenvalue weighted by Crippen LogP contribution is 2.32. The van der Waals surface area contributed by atoms with Crippen molar-refractivity contribution in [3.63, 3.8) is 0 Å². The Kier molecular flexibility index (Phi) is 7.84. The first kappa shape index (κ1) is 24.4. The molecule has 3 aromatic rings. The fourth-order valence-corrected chi connectivity index (χ4v) is 5.18. The summed E-state index contributed by atoms with van der Waals surface area (Å²) in [5, 5.41) is 0. The molecule has 3 rings (SSSR count). The predicted molar refractivity (Wildman–Crippen MR) is 127 cm³/mol. The Balaban J connectivity index is 2.09. The summed E-state index contributed by atoms with van der Waals surface area (Å²) in [7, 11) is 2.38. The summed E-state index contributed by atoms with van der Waals surface area (Å²) in [6.45, 7) is 1.98. The molecule has 0 aliphatic carbocycles. The summed E-state index contributed by atoms with van der Waals surface area (Å²) in [5.41, 5.74) is 2.09. The summed E-state index contributed by atoms with van der Waals surface area (Å²) in [5.74, 6) is 2.34. The van der Waals surface area contributed by atoms with Crippen LogP contribution in [0.15, 0.2) is 65.6 Å². The lowest BCUT2D eigenvalue weighted by atomic mass is 10.1. The van der Waals surface area contributed by atoms with Crippen molar-refractivity contribution in [3.05, 3.63) is 77.4 Å². The van der Waals surface area contributed by atoms with Crippen LogP contribution >= 0.6 is 0 Å². The maximum absolute atomic E-state index is 13.8. The lowest BCUT2D eigenvalue weighted by molar-refractivity contribution is 0.358. The second-order valence-electron chi connectivity index (χ2n) is 7.39. The monoisotopic (exact) mass is 471 g/mol. The zero-order chi connectivity index (χ0) is 24.0. The van der Waals surface area contributed by atoms with Crippen LogP contribution in [0.25, 0.3) is 0 Å². The SMILES string of the molecule is COc1ccc(CN(Cc2ccc(OC)cc2OC)S(=O)(=O)c2ccccc2C)c(OC)c1. The van der Waals surface area contributed by atoms with Gasteiger partial charge in [-0.2, -0.15) is 4.31 Å². The third kappa shape index (κ3) is 5.40. The average molecular weight is 472 g/mol. The molecule has 0 saturated heterocycles. The van der Waals surface area contributed by atoms with Crippen molar-refractivity contribution in [1.82, 2.24) is 4.31 Å². The molecule has 0 N–H and O–H groups in total. The molecule has 0 spiro atoms. The second-order valence-corrected chi connectivity index (χ2v) is 9.30. The van der Waals surface area contributed by atoms with Gasteiger partial charge in [0, 0.05) is 36.3 Å². The third-order valence-electron chi connectivity index (χ3n) is 5.39. The Hall–Kier alpha value is -3.23. The molecule has 0 unspecified atom stereocenters. The molecule has 7 nitrogen and oxygen atoms in total. The summed E-state index contributed by atoms with van der Waals surface area (Å²) >= 11 is 0. The van der Waals surface area contributed by atoms with Gasteiger partial charge in [0.05, 0.1) is 33.3 Å². The molecule has 0 aliphatic heterocycles. The molecule has 0 bridgehead atoms. The summed E-state index contributed by atoms with van der Waals surface area (Å²) in [6.07, 6.45) is 0. The zero-order valence-corrected chi connectivity index (χ0v) is 20.3. The highest BCUT2D eigenvalue weighted by molar-refractivity contribution is 7.89. The van der Waals surface area contributed by atoms with Gasteiger partial charge in [-0.3, -0.25) is 0 Å². The molecular weight excluding hydrogens is 442 g/mol. The van der Waals surface area contributed by atoms with Crippen LogP contribution in [0.1, 0.15) is 16.7 Å². The summed E-state index contributed by atoms with van der Waals surface area (Å²) in [6, 6.07) is 17.6. The van der Waals surface area contributed by atoms with Crippen LogP contribution in [0, 0.1) is 6.92 Å². The van der Waals surface area contributed by atoms with Gasteiger partial charge in [0.25, 0.3) is 0 Å². The maximum atomic E-state index is 13.8. The van der Waals surface area contributed by atoms with Gasteiger partial charge in [0.2, 0.25) is 10.0 Å². The van der Waals surface area contributed by atoms with Crippen LogP contribution in [0.2, 0.25) is 0 Å². The van der Waals surface area contributed by atoms with Gasteiger partial charge in [-0.25, -0.2) is 8.42 Å². The standard InChI is InChI=1S/C25H29NO6S/c1-18-8-6-7-9-25(18)33(27,28)26(16-19-10-12-21(29-2)14-23(19)31-4)17-20-11-13-22(30-3)15-24(20)32-5/h6-15H,16-17H2,1-5H3. The number of sulfonamides is 1. The van der Waals surface area contributed by atoms with E-state index in [0.717, 1.165) is 0 Å². The topological polar surface area (TPSA) is 74.3 Å². The molecule has 0 saturated carbocycles. The number of methoxy groups -OCH3 is 4. The molecule has 0 heterocycles. The van der Waals surface area contributed by atoms with Crippen molar-refractivity contribution < 1.29 is 27.4 Å². The second kappa shape index (κ2) is 10.6. The molecule has 0 aliphatic rings. The Morgan fingerprint density at radius 1 is 0.697 bits per heavy atom. The van der Waals surface area contributed by atoms with Crippen molar-refractivity contribution in [2.24, 2.45) is 0 Å². The van der Waals surface area contributed by atoms with Crippen LogP contribution < -0.4 is 18.9 Å². The van der Waals surface area contributed by atoms with E-state index in [4.69, 9.17) is 18.9 Å². The molecule has 0 aromatic heterocycles. The van der Waals surface area contributed by atoms with Gasteiger partial charge >= 0.3 is 0 Å². The maximum Gasteiger partial charge on any atom is 0.243 e. The number of ether oxygens (including phenoxy) is 4. The number of rotatable bonds is 10. The Bertz CT molecular complexity index is 1150. The van der Waals surface area contributed by atoms with E-state index in [9.17, 15) is 8.42 Å². The molecule has 176 valence electrons. The van der Waals surface area contributed by atoms with Gasteiger partial charge in [0.1, 0.15) is 23.0 Å². The first-order valence-electron chi connectivity index (χ1n) is 10.3. The highest BCUT2D eigenvalue weighted by Gasteiger charge is 2.28. The number of hydrogen-bond donors (Lipinski definition) is 0. The quantitative estimate of drug-likeness (QED) is 0.436. The van der Waals surface area contributed by atoms with Crippen molar-refractivity contribution in [3.8, 4) is 23.0 Å².